The first-order chi connectivity index (χ1) is 6.51. The monoisotopic (exact) mass is 199 g/mol. The van der Waals surface area contributed by atoms with Gasteiger partial charge in [0.1, 0.15) is 0 Å². The maximum absolute atomic E-state index is 9.66. The first-order valence-electron chi connectivity index (χ1n) is 5.96. The van der Waals surface area contributed by atoms with Gasteiger partial charge in [0.15, 0.2) is 0 Å². The van der Waals surface area contributed by atoms with Crippen LogP contribution in [0.5, 0.6) is 0 Å². The van der Waals surface area contributed by atoms with Crippen LogP contribution in [0.1, 0.15) is 46.5 Å². The van der Waals surface area contributed by atoms with Crippen LogP contribution in [0.2, 0.25) is 0 Å². The first-order valence-corrected chi connectivity index (χ1v) is 5.96. The van der Waals surface area contributed by atoms with E-state index in [2.05, 4.69) is 11.8 Å². The molecule has 0 aromatic rings. The van der Waals surface area contributed by atoms with E-state index < -0.39 is 5.60 Å². The Bertz CT molecular complexity index is 158. The highest BCUT2D eigenvalue weighted by Crippen LogP contribution is 2.29. The average Bonchev–Trinajstić information content (AvgIpc) is 2.83. The quantitative estimate of drug-likeness (QED) is 0.680. The van der Waals surface area contributed by atoms with Crippen molar-refractivity contribution in [2.24, 2.45) is 5.92 Å². The van der Waals surface area contributed by atoms with Crippen molar-refractivity contribution in [2.75, 3.05) is 19.6 Å². The summed E-state index contributed by atoms with van der Waals surface area (Å²) in [6.07, 6.45) is 4.95. The van der Waals surface area contributed by atoms with E-state index in [4.69, 9.17) is 0 Å². The summed E-state index contributed by atoms with van der Waals surface area (Å²) in [5, 5.41) is 9.66. The van der Waals surface area contributed by atoms with Crippen molar-refractivity contribution in [3.63, 3.8) is 0 Å². The number of nitrogens with zero attached hydrogens (tertiary/aromatic N) is 1. The lowest BCUT2D eigenvalue weighted by atomic mass is 10.1. The molecule has 0 aliphatic heterocycles. The molecule has 0 aromatic carbocycles. The highest BCUT2D eigenvalue weighted by Gasteiger charge is 2.24. The third-order valence-corrected chi connectivity index (χ3v) is 2.79. The van der Waals surface area contributed by atoms with E-state index in [1.165, 1.54) is 32.4 Å². The molecule has 0 saturated heterocycles. The topological polar surface area (TPSA) is 23.5 Å². The van der Waals surface area contributed by atoms with Crippen LogP contribution in [-0.4, -0.2) is 35.2 Å². The van der Waals surface area contributed by atoms with Gasteiger partial charge in [-0.15, -0.1) is 0 Å². The minimum absolute atomic E-state index is 0.504. The molecular weight excluding hydrogens is 174 g/mol. The zero-order chi connectivity index (χ0) is 10.6. The molecule has 2 heteroatoms. The molecule has 0 aromatic heterocycles. The fourth-order valence-corrected chi connectivity index (χ4v) is 1.71. The predicted molar refractivity (Wildman–Crippen MR) is 60.4 cm³/mol. The minimum atomic E-state index is -0.504. The summed E-state index contributed by atoms with van der Waals surface area (Å²) in [6.45, 7) is 9.51. The van der Waals surface area contributed by atoms with Gasteiger partial charge in [-0.05, 0) is 52.0 Å². The second-order valence-electron chi connectivity index (χ2n) is 5.31. The van der Waals surface area contributed by atoms with Crippen molar-refractivity contribution in [1.82, 2.24) is 4.90 Å². The highest BCUT2D eigenvalue weighted by molar-refractivity contribution is 4.78. The highest BCUT2D eigenvalue weighted by atomic mass is 16.3. The van der Waals surface area contributed by atoms with E-state index in [0.29, 0.717) is 0 Å². The lowest BCUT2D eigenvalue weighted by Crippen LogP contribution is -2.33. The molecule has 0 spiro atoms. The third kappa shape index (κ3) is 5.61. The van der Waals surface area contributed by atoms with Gasteiger partial charge in [0, 0.05) is 13.1 Å². The van der Waals surface area contributed by atoms with E-state index in [0.717, 1.165) is 18.9 Å². The Morgan fingerprint density at radius 3 is 2.36 bits per heavy atom. The zero-order valence-corrected chi connectivity index (χ0v) is 9.92. The molecule has 1 saturated carbocycles. The lowest BCUT2D eigenvalue weighted by Gasteiger charge is -2.25. The lowest BCUT2D eigenvalue weighted by molar-refractivity contribution is 0.0569. The van der Waals surface area contributed by atoms with Crippen LogP contribution < -0.4 is 0 Å². The second-order valence-corrected chi connectivity index (χ2v) is 5.31. The van der Waals surface area contributed by atoms with Gasteiger partial charge in [-0.3, -0.25) is 0 Å². The van der Waals surface area contributed by atoms with Gasteiger partial charge in [0.25, 0.3) is 0 Å². The number of hydrogen-bond acceptors (Lipinski definition) is 2. The average molecular weight is 199 g/mol. The fourth-order valence-electron chi connectivity index (χ4n) is 1.71. The minimum Gasteiger partial charge on any atom is -0.390 e. The number of rotatable bonds is 7. The van der Waals surface area contributed by atoms with Gasteiger partial charge in [-0.25, -0.2) is 0 Å². The Kier molecular flexibility index (Phi) is 4.39. The van der Waals surface area contributed by atoms with Crippen molar-refractivity contribution < 1.29 is 5.11 Å². The largest absolute Gasteiger partial charge is 0.390 e. The summed E-state index contributed by atoms with van der Waals surface area (Å²) >= 11 is 0. The summed E-state index contributed by atoms with van der Waals surface area (Å²) in [5.41, 5.74) is -0.504. The van der Waals surface area contributed by atoms with Crippen molar-refractivity contribution in [2.45, 2.75) is 52.1 Å². The second kappa shape index (κ2) is 5.13. The molecule has 0 heterocycles. The van der Waals surface area contributed by atoms with Gasteiger partial charge in [-0.2, -0.15) is 0 Å². The van der Waals surface area contributed by atoms with Gasteiger partial charge in [0.05, 0.1) is 5.60 Å². The Balaban J connectivity index is 2.19. The molecule has 0 unspecified atom stereocenters. The van der Waals surface area contributed by atoms with Gasteiger partial charge in [0.2, 0.25) is 0 Å². The summed E-state index contributed by atoms with van der Waals surface area (Å²) < 4.78 is 0. The van der Waals surface area contributed by atoms with E-state index in [1.54, 1.807) is 0 Å². The molecule has 14 heavy (non-hydrogen) atoms. The predicted octanol–water partition coefficient (Wildman–Crippen LogP) is 2.27. The number of aliphatic hydroxyl groups is 1. The van der Waals surface area contributed by atoms with Gasteiger partial charge < -0.3 is 10.0 Å². The van der Waals surface area contributed by atoms with E-state index in [-0.39, 0.29) is 0 Å². The van der Waals surface area contributed by atoms with E-state index in [1.807, 2.05) is 13.8 Å². The molecule has 1 aliphatic rings. The molecule has 0 atom stereocenters. The van der Waals surface area contributed by atoms with Crippen molar-refractivity contribution in [3.8, 4) is 0 Å². The number of hydrogen-bond donors (Lipinski definition) is 1. The zero-order valence-electron chi connectivity index (χ0n) is 9.92. The fraction of sp³-hybridized carbons (Fsp3) is 1.00. The SMILES string of the molecule is CCCN(CCC(C)(C)O)CC1CC1. The molecule has 1 aliphatic carbocycles. The Morgan fingerprint density at radius 1 is 1.29 bits per heavy atom. The molecule has 1 rings (SSSR count). The summed E-state index contributed by atoms with van der Waals surface area (Å²) in [7, 11) is 0. The summed E-state index contributed by atoms with van der Waals surface area (Å²) in [5.74, 6) is 0.961. The molecule has 0 amide bonds. The van der Waals surface area contributed by atoms with Crippen LogP contribution in [0, 0.1) is 5.92 Å². The van der Waals surface area contributed by atoms with Crippen LogP contribution in [-0.2, 0) is 0 Å². The van der Waals surface area contributed by atoms with Crippen LogP contribution in [0.4, 0.5) is 0 Å². The molecule has 0 bridgehead atoms. The summed E-state index contributed by atoms with van der Waals surface area (Å²) in [4.78, 5) is 2.51. The molecule has 1 fully saturated rings. The Morgan fingerprint density at radius 2 is 1.93 bits per heavy atom. The van der Waals surface area contributed by atoms with E-state index >= 15 is 0 Å². The van der Waals surface area contributed by atoms with Gasteiger partial charge >= 0.3 is 0 Å². The first kappa shape index (κ1) is 12.0. The van der Waals surface area contributed by atoms with Gasteiger partial charge in [-0.1, -0.05) is 6.92 Å². The van der Waals surface area contributed by atoms with Crippen LogP contribution >= 0.6 is 0 Å². The smallest absolute Gasteiger partial charge is 0.0603 e. The van der Waals surface area contributed by atoms with E-state index in [9.17, 15) is 5.11 Å². The van der Waals surface area contributed by atoms with Crippen molar-refractivity contribution in [1.29, 1.82) is 0 Å². The molecule has 1 N–H and O–H groups in total. The van der Waals surface area contributed by atoms with Crippen molar-refractivity contribution >= 4 is 0 Å². The Hall–Kier alpha value is -0.0800. The van der Waals surface area contributed by atoms with Crippen LogP contribution in [0.25, 0.3) is 0 Å². The molecule has 0 radical (unpaired) electrons. The Labute approximate surface area is 88.3 Å². The molecular formula is C12H25NO. The molecule has 84 valence electrons. The normalized spacial score (nSPS) is 17.8. The standard InChI is InChI=1S/C12H25NO/c1-4-8-13(10-11-5-6-11)9-7-12(2,3)14/h11,14H,4-10H2,1-3H3. The molecule has 2 nitrogen and oxygen atoms in total. The maximum Gasteiger partial charge on any atom is 0.0603 e. The third-order valence-electron chi connectivity index (χ3n) is 2.79. The van der Waals surface area contributed by atoms with Crippen molar-refractivity contribution in [3.05, 3.63) is 0 Å². The maximum atomic E-state index is 9.66. The summed E-state index contributed by atoms with van der Waals surface area (Å²) in [6, 6.07) is 0. The van der Waals surface area contributed by atoms with Crippen LogP contribution in [0.15, 0.2) is 0 Å². The van der Waals surface area contributed by atoms with Crippen LogP contribution in [0.3, 0.4) is 0 Å².